The summed E-state index contributed by atoms with van der Waals surface area (Å²) in [6, 6.07) is 8.02. The van der Waals surface area contributed by atoms with Gasteiger partial charge in [-0.25, -0.2) is 9.18 Å². The van der Waals surface area contributed by atoms with Crippen molar-refractivity contribution in [1.82, 2.24) is 4.90 Å². The standard InChI is InChI=1S/C10H11F2NO/c1-2-13(10(12)14)9(11)8-6-4-3-5-7-8/h3-7,9H,2H2,1H3. The Balaban J connectivity index is 2.83. The van der Waals surface area contributed by atoms with E-state index in [1.165, 1.54) is 19.1 Å². The molecule has 0 N–H and O–H groups in total. The second-order valence-electron chi connectivity index (χ2n) is 2.79. The van der Waals surface area contributed by atoms with Crippen molar-refractivity contribution < 1.29 is 13.6 Å². The molecule has 4 heteroatoms. The minimum absolute atomic E-state index is 0.00535. The van der Waals surface area contributed by atoms with Crippen LogP contribution in [-0.2, 0) is 0 Å². The number of benzene rings is 1. The van der Waals surface area contributed by atoms with E-state index in [4.69, 9.17) is 0 Å². The first-order chi connectivity index (χ1) is 6.66. The molecule has 1 aromatic rings. The maximum absolute atomic E-state index is 13.5. The Hall–Kier alpha value is -1.45. The van der Waals surface area contributed by atoms with Crippen LogP contribution in [0, 0.1) is 0 Å². The lowest BCUT2D eigenvalue weighted by Gasteiger charge is -2.21. The lowest BCUT2D eigenvalue weighted by atomic mass is 10.2. The Morgan fingerprint density at radius 2 is 2.00 bits per heavy atom. The molecule has 0 bridgehead atoms. The van der Waals surface area contributed by atoms with Crippen molar-refractivity contribution in [2.24, 2.45) is 0 Å². The zero-order chi connectivity index (χ0) is 10.6. The molecule has 1 atom stereocenters. The van der Waals surface area contributed by atoms with Crippen molar-refractivity contribution in [3.8, 4) is 0 Å². The summed E-state index contributed by atoms with van der Waals surface area (Å²) in [5.74, 6) is 0. The molecule has 1 unspecified atom stereocenters. The van der Waals surface area contributed by atoms with E-state index < -0.39 is 12.5 Å². The van der Waals surface area contributed by atoms with E-state index in [9.17, 15) is 13.6 Å². The summed E-state index contributed by atoms with van der Waals surface area (Å²) in [7, 11) is 0. The Kier molecular flexibility index (Phi) is 3.56. The molecule has 1 aromatic carbocycles. The van der Waals surface area contributed by atoms with Crippen molar-refractivity contribution in [3.63, 3.8) is 0 Å². The van der Waals surface area contributed by atoms with Crippen LogP contribution in [0.5, 0.6) is 0 Å². The number of amides is 1. The lowest BCUT2D eigenvalue weighted by Crippen LogP contribution is -2.28. The summed E-state index contributed by atoms with van der Waals surface area (Å²) in [6.45, 7) is 1.53. The molecular formula is C10H11F2NO. The van der Waals surface area contributed by atoms with Gasteiger partial charge in [0.1, 0.15) is 0 Å². The number of alkyl halides is 1. The number of halogens is 2. The molecule has 0 aliphatic carbocycles. The summed E-state index contributed by atoms with van der Waals surface area (Å²) in [6.07, 6.45) is -3.46. The van der Waals surface area contributed by atoms with E-state index in [0.29, 0.717) is 4.90 Å². The van der Waals surface area contributed by atoms with Crippen LogP contribution in [0.25, 0.3) is 0 Å². The molecule has 14 heavy (non-hydrogen) atoms. The molecule has 0 radical (unpaired) electrons. The number of nitrogens with zero attached hydrogens (tertiary/aromatic N) is 1. The van der Waals surface area contributed by atoms with Gasteiger partial charge < -0.3 is 0 Å². The van der Waals surface area contributed by atoms with Gasteiger partial charge in [0.15, 0.2) is 0 Å². The predicted octanol–water partition coefficient (Wildman–Crippen LogP) is 3.07. The Morgan fingerprint density at radius 1 is 1.43 bits per heavy atom. The van der Waals surface area contributed by atoms with E-state index in [2.05, 4.69) is 0 Å². The highest BCUT2D eigenvalue weighted by Crippen LogP contribution is 2.22. The molecule has 0 aliphatic rings. The normalized spacial score (nSPS) is 12.2. The van der Waals surface area contributed by atoms with Gasteiger partial charge in [0, 0.05) is 12.1 Å². The fraction of sp³-hybridized carbons (Fsp3) is 0.300. The number of carbonyl (C=O) groups excluding carboxylic acids is 1. The van der Waals surface area contributed by atoms with E-state index >= 15 is 0 Å². The average molecular weight is 199 g/mol. The van der Waals surface area contributed by atoms with Gasteiger partial charge in [-0.3, -0.25) is 4.90 Å². The second-order valence-corrected chi connectivity index (χ2v) is 2.79. The molecule has 76 valence electrons. The first kappa shape index (κ1) is 10.6. The monoisotopic (exact) mass is 199 g/mol. The zero-order valence-corrected chi connectivity index (χ0v) is 7.78. The minimum atomic E-state index is -1.75. The van der Waals surface area contributed by atoms with Crippen molar-refractivity contribution in [2.75, 3.05) is 6.54 Å². The van der Waals surface area contributed by atoms with Gasteiger partial charge in [-0.2, -0.15) is 0 Å². The molecule has 1 amide bonds. The quantitative estimate of drug-likeness (QED) is 0.541. The molecule has 0 heterocycles. The van der Waals surface area contributed by atoms with Gasteiger partial charge in [-0.05, 0) is 6.92 Å². The van der Waals surface area contributed by atoms with Crippen molar-refractivity contribution >= 4 is 6.16 Å². The minimum Gasteiger partial charge on any atom is -0.280 e. The van der Waals surface area contributed by atoms with Crippen LogP contribution in [0.4, 0.5) is 13.6 Å². The average Bonchev–Trinajstić information content (AvgIpc) is 2.19. The molecule has 0 saturated carbocycles. The van der Waals surface area contributed by atoms with Crippen LogP contribution in [0.2, 0.25) is 0 Å². The van der Waals surface area contributed by atoms with Gasteiger partial charge in [0.2, 0.25) is 6.30 Å². The summed E-state index contributed by atoms with van der Waals surface area (Å²) < 4.78 is 25.9. The largest absolute Gasteiger partial charge is 0.402 e. The van der Waals surface area contributed by atoms with E-state index in [0.717, 1.165) is 0 Å². The van der Waals surface area contributed by atoms with Crippen LogP contribution in [0.3, 0.4) is 0 Å². The summed E-state index contributed by atoms with van der Waals surface area (Å²) in [5, 5.41) is 0. The molecule has 0 aromatic heterocycles. The van der Waals surface area contributed by atoms with E-state index in [1.807, 2.05) is 0 Å². The number of hydrogen-bond donors (Lipinski definition) is 0. The highest BCUT2D eigenvalue weighted by molar-refractivity contribution is 5.66. The summed E-state index contributed by atoms with van der Waals surface area (Å²) >= 11 is 0. The van der Waals surface area contributed by atoms with Crippen LogP contribution in [0.15, 0.2) is 30.3 Å². The van der Waals surface area contributed by atoms with Gasteiger partial charge in [-0.1, -0.05) is 30.3 Å². The van der Waals surface area contributed by atoms with Crippen molar-refractivity contribution in [2.45, 2.75) is 13.2 Å². The number of hydrogen-bond acceptors (Lipinski definition) is 1. The van der Waals surface area contributed by atoms with Gasteiger partial charge in [-0.15, -0.1) is 4.39 Å². The number of rotatable bonds is 3. The van der Waals surface area contributed by atoms with Crippen LogP contribution in [-0.4, -0.2) is 17.6 Å². The second kappa shape index (κ2) is 4.69. The fourth-order valence-electron chi connectivity index (χ4n) is 1.17. The third-order valence-corrected chi connectivity index (χ3v) is 1.91. The van der Waals surface area contributed by atoms with Crippen LogP contribution < -0.4 is 0 Å². The van der Waals surface area contributed by atoms with Gasteiger partial charge in [0.25, 0.3) is 0 Å². The van der Waals surface area contributed by atoms with Crippen LogP contribution >= 0.6 is 0 Å². The molecule has 0 saturated heterocycles. The van der Waals surface area contributed by atoms with E-state index in [-0.39, 0.29) is 12.1 Å². The maximum Gasteiger partial charge on any atom is 0.402 e. The van der Waals surface area contributed by atoms with Gasteiger partial charge >= 0.3 is 6.16 Å². The molecular weight excluding hydrogens is 188 g/mol. The first-order valence-corrected chi connectivity index (χ1v) is 4.32. The summed E-state index contributed by atoms with van der Waals surface area (Å²) in [5.41, 5.74) is 0.278. The third kappa shape index (κ3) is 2.28. The maximum atomic E-state index is 13.5. The topological polar surface area (TPSA) is 20.3 Å². The highest BCUT2D eigenvalue weighted by atomic mass is 19.2. The lowest BCUT2D eigenvalue weighted by molar-refractivity contribution is 0.0940. The molecule has 2 nitrogen and oxygen atoms in total. The van der Waals surface area contributed by atoms with E-state index in [1.54, 1.807) is 18.2 Å². The Labute approximate surface area is 81.1 Å². The zero-order valence-electron chi connectivity index (χ0n) is 7.78. The fourth-order valence-corrected chi connectivity index (χ4v) is 1.17. The van der Waals surface area contributed by atoms with Crippen molar-refractivity contribution in [3.05, 3.63) is 35.9 Å². The van der Waals surface area contributed by atoms with Crippen molar-refractivity contribution in [1.29, 1.82) is 0 Å². The predicted molar refractivity (Wildman–Crippen MR) is 49.2 cm³/mol. The molecule has 0 aliphatic heterocycles. The molecule has 1 rings (SSSR count). The smallest absolute Gasteiger partial charge is 0.280 e. The SMILES string of the molecule is CCN(C(=O)F)C(F)c1ccccc1. The Morgan fingerprint density at radius 3 is 2.43 bits per heavy atom. The van der Waals surface area contributed by atoms with Crippen LogP contribution in [0.1, 0.15) is 18.8 Å². The molecule has 0 spiro atoms. The summed E-state index contributed by atoms with van der Waals surface area (Å²) in [4.78, 5) is 10.9. The van der Waals surface area contributed by atoms with Gasteiger partial charge in [0.05, 0.1) is 0 Å². The first-order valence-electron chi connectivity index (χ1n) is 4.32. The number of carbonyl (C=O) groups is 1. The highest BCUT2D eigenvalue weighted by Gasteiger charge is 2.22. The molecule has 0 fully saturated rings. The third-order valence-electron chi connectivity index (χ3n) is 1.91. The Bertz CT molecular complexity index is 302.